The van der Waals surface area contributed by atoms with E-state index in [-0.39, 0.29) is 11.7 Å². The molecule has 7 heteroatoms. The molecule has 3 N–H and O–H groups in total. The zero-order valence-electron chi connectivity index (χ0n) is 15.0. The molecule has 138 valence electrons. The normalized spacial score (nSPS) is 15.6. The van der Waals surface area contributed by atoms with Gasteiger partial charge < -0.3 is 8.83 Å². The van der Waals surface area contributed by atoms with E-state index in [9.17, 15) is 4.79 Å². The Labute approximate surface area is 159 Å². The zero-order chi connectivity index (χ0) is 19.1. The van der Waals surface area contributed by atoms with Gasteiger partial charge in [-0.15, -0.1) is 0 Å². The van der Waals surface area contributed by atoms with Crippen LogP contribution in [0.25, 0.3) is 11.1 Å². The number of hydrogen-bond acceptors (Lipinski definition) is 6. The quantitative estimate of drug-likeness (QED) is 0.498. The Kier molecular flexibility index (Phi) is 3.72. The molecule has 0 saturated heterocycles. The minimum atomic E-state index is -0.379. The third kappa shape index (κ3) is 2.73. The van der Waals surface area contributed by atoms with E-state index in [2.05, 4.69) is 20.6 Å². The number of fused-ring (bicyclic) bond motifs is 2. The van der Waals surface area contributed by atoms with E-state index in [1.54, 1.807) is 0 Å². The van der Waals surface area contributed by atoms with Gasteiger partial charge in [0.1, 0.15) is 29.1 Å². The number of para-hydroxylation sites is 2. The molecule has 0 spiro atoms. The van der Waals surface area contributed by atoms with E-state index in [1.165, 1.54) is 6.26 Å². The van der Waals surface area contributed by atoms with Gasteiger partial charge in [-0.3, -0.25) is 4.99 Å². The maximum atomic E-state index is 12.5. The van der Waals surface area contributed by atoms with Crippen LogP contribution in [0.5, 0.6) is 0 Å². The van der Waals surface area contributed by atoms with Crippen molar-refractivity contribution in [2.24, 2.45) is 0 Å². The molecule has 1 atom stereocenters. The van der Waals surface area contributed by atoms with Crippen molar-refractivity contribution < 1.29 is 13.8 Å². The van der Waals surface area contributed by atoms with Crippen LogP contribution in [0.3, 0.4) is 0 Å². The Bertz CT molecular complexity index is 1220. The van der Waals surface area contributed by atoms with Crippen LogP contribution in [0, 0.1) is 6.92 Å². The van der Waals surface area contributed by atoms with Crippen LogP contribution < -0.4 is 21.3 Å². The van der Waals surface area contributed by atoms with Crippen molar-refractivity contribution in [1.82, 2.24) is 4.98 Å². The van der Waals surface area contributed by atoms with Gasteiger partial charge in [0.2, 0.25) is 0 Å². The monoisotopic (exact) mass is 373 g/mol. The highest BCUT2D eigenvalue weighted by molar-refractivity contribution is 6.01. The number of nitrogens with one attached hydrogen (secondary N) is 3. The predicted molar refractivity (Wildman–Crippen MR) is 105 cm³/mol. The molecule has 1 aliphatic heterocycles. The van der Waals surface area contributed by atoms with Gasteiger partial charge >= 0.3 is 17.6 Å². The lowest BCUT2D eigenvalue weighted by Gasteiger charge is -2.21. The molecule has 0 saturated carbocycles. The van der Waals surface area contributed by atoms with Crippen molar-refractivity contribution >= 4 is 28.8 Å². The number of aromatic nitrogens is 1. The topological polar surface area (TPSA) is 94.3 Å². The van der Waals surface area contributed by atoms with Crippen molar-refractivity contribution in [3.63, 3.8) is 0 Å². The van der Waals surface area contributed by atoms with E-state index >= 15 is 0 Å². The number of benzene rings is 2. The fraction of sp³-hybridized carbons (Fsp3) is 0.0952. The molecule has 0 bridgehead atoms. The third-order valence-electron chi connectivity index (χ3n) is 4.71. The highest BCUT2D eigenvalue weighted by Crippen LogP contribution is 2.27. The molecular weight excluding hydrogens is 356 g/mol. The molecule has 0 unspecified atom stereocenters. The fourth-order valence-electron chi connectivity index (χ4n) is 3.38. The van der Waals surface area contributed by atoms with Gasteiger partial charge in [0.15, 0.2) is 5.58 Å². The maximum absolute atomic E-state index is 12.5. The van der Waals surface area contributed by atoms with Crippen LogP contribution in [0.1, 0.15) is 22.7 Å². The van der Waals surface area contributed by atoms with E-state index in [0.29, 0.717) is 28.8 Å². The molecule has 0 fully saturated rings. The first kappa shape index (κ1) is 16.3. The Hall–Kier alpha value is -3.87. The molecule has 0 radical (unpaired) electrons. The summed E-state index contributed by atoms with van der Waals surface area (Å²) in [6.07, 6.45) is 1.46. The summed E-state index contributed by atoms with van der Waals surface area (Å²) in [4.78, 5) is 20.2. The first-order valence-corrected chi connectivity index (χ1v) is 8.89. The highest BCUT2D eigenvalue weighted by Gasteiger charge is 2.32. The zero-order valence-corrected chi connectivity index (χ0v) is 15.0. The van der Waals surface area contributed by atoms with Gasteiger partial charge in [0.05, 0.1) is 0 Å². The summed E-state index contributed by atoms with van der Waals surface area (Å²) < 4.78 is 11.0. The van der Waals surface area contributed by atoms with Crippen molar-refractivity contribution in [2.45, 2.75) is 13.0 Å². The molecule has 7 nitrogen and oxygen atoms in total. The predicted octanol–water partition coefficient (Wildman–Crippen LogP) is 2.15. The molecule has 2 aromatic carbocycles. The van der Waals surface area contributed by atoms with Gasteiger partial charge in [-0.05, 0) is 24.6 Å². The molecule has 3 heterocycles. The largest absolute Gasteiger partial charge is 0.431 e. The highest BCUT2D eigenvalue weighted by atomic mass is 16.4. The average molecular weight is 373 g/mol. The van der Waals surface area contributed by atoms with Crippen LogP contribution >= 0.6 is 0 Å². The van der Waals surface area contributed by atoms with Crippen LogP contribution in [-0.4, -0.2) is 10.9 Å². The molecule has 28 heavy (non-hydrogen) atoms. The Morgan fingerprint density at radius 1 is 1.11 bits per heavy atom. The lowest BCUT2D eigenvalue weighted by Crippen LogP contribution is -2.80. The number of oxazole rings is 1. The molecule has 4 aromatic rings. The van der Waals surface area contributed by atoms with Crippen molar-refractivity contribution in [3.05, 3.63) is 88.0 Å². The molecule has 5 rings (SSSR count). The Morgan fingerprint density at radius 2 is 1.89 bits per heavy atom. The third-order valence-corrected chi connectivity index (χ3v) is 4.71. The second kappa shape index (κ2) is 6.38. The van der Waals surface area contributed by atoms with E-state index in [4.69, 9.17) is 8.83 Å². The summed E-state index contributed by atoms with van der Waals surface area (Å²) in [5, 5.41) is 6.37. The van der Waals surface area contributed by atoms with E-state index in [1.807, 2.05) is 61.5 Å². The standard InChI is InChI=1S/C21H16N4O3/c1-12-11-27-19(26)16-17(12)23-20(24-18(16)13-7-3-2-4-8-13)25-21-22-14-9-5-6-10-15(14)28-21/h2-11,18H,1H3,(H2,22,23,24,25)/p+1/t18-/m0/s1. The molecular formula is C21H17N4O3+. The molecule has 0 amide bonds. The number of nitrogens with zero attached hydrogens (tertiary/aromatic N) is 1. The summed E-state index contributed by atoms with van der Waals surface area (Å²) in [7, 11) is 0. The Morgan fingerprint density at radius 3 is 2.71 bits per heavy atom. The average Bonchev–Trinajstić information content (AvgIpc) is 3.13. The number of aryl methyl sites for hydroxylation is 1. The minimum Gasteiger partial charge on any atom is -0.431 e. The second-order valence-corrected chi connectivity index (χ2v) is 6.59. The number of guanidine groups is 1. The van der Waals surface area contributed by atoms with Crippen molar-refractivity contribution in [1.29, 1.82) is 0 Å². The van der Waals surface area contributed by atoms with Gasteiger partial charge in [0.25, 0.3) is 0 Å². The number of rotatable bonds is 2. The van der Waals surface area contributed by atoms with Crippen molar-refractivity contribution in [3.8, 4) is 0 Å². The first-order chi connectivity index (χ1) is 13.7. The molecule has 2 aromatic heterocycles. The lowest BCUT2D eigenvalue weighted by atomic mass is 9.97. The van der Waals surface area contributed by atoms with Crippen LogP contribution in [0.4, 0.5) is 11.7 Å². The minimum absolute atomic E-state index is 0.354. The maximum Gasteiger partial charge on any atom is 0.365 e. The van der Waals surface area contributed by atoms with Gasteiger partial charge in [-0.2, -0.15) is 10.3 Å². The van der Waals surface area contributed by atoms with Crippen molar-refractivity contribution in [2.75, 3.05) is 10.6 Å². The summed E-state index contributed by atoms with van der Waals surface area (Å²) in [5.74, 6) is 0.571. The van der Waals surface area contributed by atoms with Gasteiger partial charge in [0, 0.05) is 5.56 Å². The first-order valence-electron chi connectivity index (χ1n) is 8.89. The molecule has 0 aliphatic carbocycles. The lowest BCUT2D eigenvalue weighted by molar-refractivity contribution is -0.499. The van der Waals surface area contributed by atoms with E-state index in [0.717, 1.165) is 16.6 Å². The summed E-state index contributed by atoms with van der Waals surface area (Å²) >= 11 is 0. The van der Waals surface area contributed by atoms with Crippen LogP contribution in [0.15, 0.2) is 74.5 Å². The van der Waals surface area contributed by atoms with Gasteiger partial charge in [-0.1, -0.05) is 42.5 Å². The number of hydrogen-bond donors (Lipinski definition) is 3. The van der Waals surface area contributed by atoms with E-state index < -0.39 is 0 Å². The van der Waals surface area contributed by atoms with Gasteiger partial charge in [-0.25, -0.2) is 10.1 Å². The second-order valence-electron chi connectivity index (χ2n) is 6.59. The fourth-order valence-corrected chi connectivity index (χ4v) is 3.38. The smallest absolute Gasteiger partial charge is 0.365 e. The van der Waals surface area contributed by atoms with Crippen LogP contribution in [-0.2, 0) is 0 Å². The number of anilines is 2. The summed E-state index contributed by atoms with van der Waals surface area (Å²) in [5.41, 5.74) is 4.09. The SMILES string of the molecule is Cc1coc(=O)c2c1NC(Nc1nc3ccccc3o1)=[NH+][C@H]2c1ccccc1. The Balaban J connectivity index is 1.59. The summed E-state index contributed by atoms with van der Waals surface area (Å²) in [6, 6.07) is 17.3. The van der Waals surface area contributed by atoms with Crippen LogP contribution in [0.2, 0.25) is 0 Å². The molecule has 1 aliphatic rings. The summed E-state index contributed by atoms with van der Waals surface area (Å²) in [6.45, 7) is 1.89.